The third kappa shape index (κ3) is 3.92. The summed E-state index contributed by atoms with van der Waals surface area (Å²) in [7, 11) is 1.76. The summed E-state index contributed by atoms with van der Waals surface area (Å²) in [5, 5.41) is 3.42. The Balaban J connectivity index is 2.42. The van der Waals surface area contributed by atoms with Gasteiger partial charge < -0.3 is 10.1 Å². The zero-order valence-corrected chi connectivity index (χ0v) is 10.1. The Labute approximate surface area is 92.6 Å². The van der Waals surface area contributed by atoms with Crippen LogP contribution >= 0.6 is 0 Å². The lowest BCUT2D eigenvalue weighted by atomic mass is 10.1. The van der Waals surface area contributed by atoms with Gasteiger partial charge in [0, 0.05) is 19.3 Å². The molecule has 0 radical (unpaired) electrons. The van der Waals surface area contributed by atoms with E-state index < -0.39 is 0 Å². The van der Waals surface area contributed by atoms with Crippen LogP contribution in [0.1, 0.15) is 25.8 Å². The summed E-state index contributed by atoms with van der Waals surface area (Å²) in [5.74, 6) is 0. The third-order valence-corrected chi connectivity index (χ3v) is 2.74. The maximum Gasteiger partial charge on any atom is 0.0639 e. The van der Waals surface area contributed by atoms with Gasteiger partial charge in [-0.1, -0.05) is 18.2 Å². The van der Waals surface area contributed by atoms with Gasteiger partial charge >= 0.3 is 0 Å². The minimum Gasteiger partial charge on any atom is -0.385 e. The molecule has 0 saturated heterocycles. The molecule has 0 aliphatic carbocycles. The molecular formula is C13H21NO. The molecule has 2 nitrogen and oxygen atoms in total. The summed E-state index contributed by atoms with van der Waals surface area (Å²) < 4.78 is 5.37. The maximum atomic E-state index is 5.37. The van der Waals surface area contributed by atoms with E-state index in [1.807, 2.05) is 0 Å². The molecule has 0 fully saturated rings. The van der Waals surface area contributed by atoms with E-state index in [-0.39, 0.29) is 5.60 Å². The van der Waals surface area contributed by atoms with E-state index in [4.69, 9.17) is 4.74 Å². The number of benzene rings is 1. The first-order chi connectivity index (χ1) is 7.05. The van der Waals surface area contributed by atoms with Gasteiger partial charge in [0.25, 0.3) is 0 Å². The fraction of sp³-hybridized carbons (Fsp3) is 0.538. The van der Waals surface area contributed by atoms with Crippen molar-refractivity contribution in [1.82, 2.24) is 0 Å². The predicted octanol–water partition coefficient (Wildman–Crippen LogP) is 3.22. The van der Waals surface area contributed by atoms with E-state index in [1.165, 1.54) is 11.3 Å². The molecule has 1 N–H and O–H groups in total. The van der Waals surface area contributed by atoms with Gasteiger partial charge in [0.2, 0.25) is 0 Å². The summed E-state index contributed by atoms with van der Waals surface area (Å²) in [6.45, 7) is 7.26. The van der Waals surface area contributed by atoms with Gasteiger partial charge in [0.05, 0.1) is 5.60 Å². The Hall–Kier alpha value is -1.02. The summed E-state index contributed by atoms with van der Waals surface area (Å²) in [4.78, 5) is 0. The number of rotatable bonds is 5. The summed E-state index contributed by atoms with van der Waals surface area (Å²) in [5.41, 5.74) is 2.45. The molecule has 0 saturated carbocycles. The molecule has 0 amide bonds. The van der Waals surface area contributed by atoms with Crippen LogP contribution in [-0.2, 0) is 4.74 Å². The van der Waals surface area contributed by atoms with E-state index in [9.17, 15) is 0 Å². The van der Waals surface area contributed by atoms with Crippen LogP contribution in [0, 0.1) is 6.92 Å². The quantitative estimate of drug-likeness (QED) is 0.800. The van der Waals surface area contributed by atoms with Gasteiger partial charge in [-0.2, -0.15) is 0 Å². The van der Waals surface area contributed by atoms with Crippen LogP contribution in [0.15, 0.2) is 24.3 Å². The van der Waals surface area contributed by atoms with Gasteiger partial charge in [-0.05, 0) is 38.8 Å². The molecular weight excluding hydrogens is 186 g/mol. The molecule has 15 heavy (non-hydrogen) atoms. The summed E-state index contributed by atoms with van der Waals surface area (Å²) in [6, 6.07) is 8.33. The molecule has 1 aromatic carbocycles. The van der Waals surface area contributed by atoms with Crippen molar-refractivity contribution in [2.75, 3.05) is 19.0 Å². The van der Waals surface area contributed by atoms with Crippen LogP contribution in [0.4, 0.5) is 5.69 Å². The highest BCUT2D eigenvalue weighted by Gasteiger charge is 2.15. The number of methoxy groups -OCH3 is 1. The molecule has 0 atom stereocenters. The average Bonchev–Trinajstić information content (AvgIpc) is 2.21. The maximum absolute atomic E-state index is 5.37. The molecule has 0 unspecified atom stereocenters. The second-order valence-electron chi connectivity index (χ2n) is 4.46. The fourth-order valence-corrected chi connectivity index (χ4v) is 1.37. The Kier molecular flexibility index (Phi) is 4.15. The summed E-state index contributed by atoms with van der Waals surface area (Å²) in [6.07, 6.45) is 0.998. The molecule has 2 heteroatoms. The van der Waals surface area contributed by atoms with Gasteiger partial charge in [0.1, 0.15) is 0 Å². The molecule has 0 bridgehead atoms. The largest absolute Gasteiger partial charge is 0.385 e. The zero-order valence-electron chi connectivity index (χ0n) is 10.1. The molecule has 0 spiro atoms. The van der Waals surface area contributed by atoms with Crippen molar-refractivity contribution in [3.8, 4) is 0 Å². The minimum atomic E-state index is -0.0459. The van der Waals surface area contributed by atoms with Crippen molar-refractivity contribution in [3.63, 3.8) is 0 Å². The third-order valence-electron chi connectivity index (χ3n) is 2.74. The Morgan fingerprint density at radius 2 is 1.93 bits per heavy atom. The second kappa shape index (κ2) is 5.17. The van der Waals surface area contributed by atoms with Crippen molar-refractivity contribution >= 4 is 5.69 Å². The molecule has 0 aliphatic rings. The van der Waals surface area contributed by atoms with E-state index in [2.05, 4.69) is 50.4 Å². The number of para-hydroxylation sites is 1. The number of anilines is 1. The van der Waals surface area contributed by atoms with Gasteiger partial charge in [-0.15, -0.1) is 0 Å². The van der Waals surface area contributed by atoms with E-state index in [0.29, 0.717) is 0 Å². The van der Waals surface area contributed by atoms with Crippen molar-refractivity contribution in [3.05, 3.63) is 29.8 Å². The molecule has 1 aromatic rings. The number of aryl methyl sites for hydroxylation is 1. The zero-order chi connectivity index (χ0) is 11.3. The number of nitrogens with one attached hydrogen (secondary N) is 1. The van der Waals surface area contributed by atoms with Crippen LogP contribution < -0.4 is 5.32 Å². The van der Waals surface area contributed by atoms with E-state index in [0.717, 1.165) is 13.0 Å². The predicted molar refractivity (Wildman–Crippen MR) is 65.4 cm³/mol. The van der Waals surface area contributed by atoms with E-state index in [1.54, 1.807) is 7.11 Å². The van der Waals surface area contributed by atoms with Crippen LogP contribution in [0.5, 0.6) is 0 Å². The smallest absolute Gasteiger partial charge is 0.0639 e. The number of hydrogen-bond donors (Lipinski definition) is 1. The lowest BCUT2D eigenvalue weighted by Gasteiger charge is -2.23. The highest BCUT2D eigenvalue weighted by molar-refractivity contribution is 5.50. The highest BCUT2D eigenvalue weighted by atomic mass is 16.5. The van der Waals surface area contributed by atoms with Crippen molar-refractivity contribution in [2.45, 2.75) is 32.8 Å². The van der Waals surface area contributed by atoms with Gasteiger partial charge in [0.15, 0.2) is 0 Å². The van der Waals surface area contributed by atoms with Crippen LogP contribution in [0.25, 0.3) is 0 Å². The Bertz CT molecular complexity index is 307. The minimum absolute atomic E-state index is 0.0459. The van der Waals surface area contributed by atoms with E-state index >= 15 is 0 Å². The SMILES string of the molecule is COC(C)(C)CCNc1ccccc1C. The van der Waals surface area contributed by atoms with Crippen LogP contribution in [0.2, 0.25) is 0 Å². The first-order valence-corrected chi connectivity index (χ1v) is 5.40. The highest BCUT2D eigenvalue weighted by Crippen LogP contribution is 2.16. The lowest BCUT2D eigenvalue weighted by Crippen LogP contribution is -2.25. The molecule has 1 rings (SSSR count). The topological polar surface area (TPSA) is 21.3 Å². The standard InChI is InChI=1S/C13H21NO/c1-11-7-5-6-8-12(11)14-10-9-13(2,3)15-4/h5-8,14H,9-10H2,1-4H3. The van der Waals surface area contributed by atoms with Crippen LogP contribution in [0.3, 0.4) is 0 Å². The monoisotopic (exact) mass is 207 g/mol. The normalized spacial score (nSPS) is 11.5. The lowest BCUT2D eigenvalue weighted by molar-refractivity contribution is 0.0185. The van der Waals surface area contributed by atoms with Crippen LogP contribution in [-0.4, -0.2) is 19.3 Å². The number of hydrogen-bond acceptors (Lipinski definition) is 2. The molecule has 0 aliphatic heterocycles. The number of ether oxygens (including phenoxy) is 1. The van der Waals surface area contributed by atoms with Crippen molar-refractivity contribution < 1.29 is 4.74 Å². The second-order valence-corrected chi connectivity index (χ2v) is 4.46. The first kappa shape index (κ1) is 12.1. The van der Waals surface area contributed by atoms with Crippen molar-refractivity contribution in [2.24, 2.45) is 0 Å². The molecule has 0 heterocycles. The first-order valence-electron chi connectivity index (χ1n) is 5.40. The van der Waals surface area contributed by atoms with Crippen molar-refractivity contribution in [1.29, 1.82) is 0 Å². The Morgan fingerprint density at radius 3 is 2.53 bits per heavy atom. The fourth-order valence-electron chi connectivity index (χ4n) is 1.37. The molecule has 84 valence electrons. The van der Waals surface area contributed by atoms with Gasteiger partial charge in [-0.3, -0.25) is 0 Å². The average molecular weight is 207 g/mol. The molecule has 0 aromatic heterocycles. The Morgan fingerprint density at radius 1 is 1.27 bits per heavy atom. The van der Waals surface area contributed by atoms with Gasteiger partial charge in [-0.25, -0.2) is 0 Å². The summed E-state index contributed by atoms with van der Waals surface area (Å²) >= 11 is 0.